The van der Waals surface area contributed by atoms with Crippen molar-refractivity contribution in [1.29, 1.82) is 0 Å². The van der Waals surface area contributed by atoms with Crippen LogP contribution in [0.25, 0.3) is 17.2 Å². The van der Waals surface area contributed by atoms with Crippen molar-refractivity contribution >= 4 is 16.0 Å². The molecule has 4 heterocycles. The number of methoxy groups -OCH3 is 3. The molecule has 194 valence electrons. The Labute approximate surface area is 213 Å². The molecule has 0 bridgehead atoms. The van der Waals surface area contributed by atoms with E-state index in [0.29, 0.717) is 5.69 Å². The van der Waals surface area contributed by atoms with Gasteiger partial charge in [0.2, 0.25) is 27.7 Å². The maximum Gasteiger partial charge on any atom is 0.245 e. The number of ether oxygens (including phenoxy) is 3. The van der Waals surface area contributed by atoms with Crippen LogP contribution in [0, 0.1) is 6.92 Å². The van der Waals surface area contributed by atoms with Gasteiger partial charge in [0, 0.05) is 25.7 Å². The number of hydrogen-bond acceptors (Lipinski definition) is 12. The Bertz CT molecular complexity index is 1440. The molecular formula is C22H25N9O5S. The Morgan fingerprint density at radius 1 is 0.946 bits per heavy atom. The molecule has 0 aliphatic rings. The third-order valence-corrected chi connectivity index (χ3v) is 7.07. The van der Waals surface area contributed by atoms with Crippen LogP contribution in [0.15, 0.2) is 43.1 Å². The fourth-order valence-electron chi connectivity index (χ4n) is 3.50. The number of aromatic nitrogens is 8. The highest BCUT2D eigenvalue weighted by atomic mass is 32.2. The van der Waals surface area contributed by atoms with Crippen LogP contribution in [0.4, 0.5) is 5.95 Å². The summed E-state index contributed by atoms with van der Waals surface area (Å²) in [5.74, 6) is 0.447. The van der Waals surface area contributed by atoms with E-state index >= 15 is 0 Å². The number of pyridine rings is 1. The first-order chi connectivity index (χ1) is 17.8. The first-order valence-electron chi connectivity index (χ1n) is 10.9. The van der Waals surface area contributed by atoms with Gasteiger partial charge >= 0.3 is 0 Å². The maximum absolute atomic E-state index is 13.5. The topological polar surface area (TPSA) is 169 Å². The lowest BCUT2D eigenvalue weighted by Gasteiger charge is -2.22. The zero-order valence-electron chi connectivity index (χ0n) is 20.7. The second-order valence-corrected chi connectivity index (χ2v) is 9.80. The van der Waals surface area contributed by atoms with Gasteiger partial charge in [-0.3, -0.25) is 9.71 Å². The minimum Gasteiger partial charge on any atom is -0.479 e. The first-order valence-corrected chi connectivity index (χ1v) is 12.5. The zero-order chi connectivity index (χ0) is 26.6. The van der Waals surface area contributed by atoms with Gasteiger partial charge in [-0.25, -0.2) is 23.0 Å². The molecule has 0 amide bonds. The minimum absolute atomic E-state index is 0.0974. The van der Waals surface area contributed by atoms with Gasteiger partial charge in [0.15, 0.2) is 17.3 Å². The molecule has 4 aromatic rings. The second-order valence-electron chi connectivity index (χ2n) is 7.77. The molecule has 15 heteroatoms. The van der Waals surface area contributed by atoms with Crippen molar-refractivity contribution in [3.05, 3.63) is 54.5 Å². The summed E-state index contributed by atoms with van der Waals surface area (Å²) in [6.07, 6.45) is 5.04. The quantitative estimate of drug-likeness (QED) is 0.317. The lowest BCUT2D eigenvalue weighted by molar-refractivity contribution is 0.0949. The van der Waals surface area contributed by atoms with Gasteiger partial charge in [-0.15, -0.1) is 10.2 Å². The van der Waals surface area contributed by atoms with E-state index in [0.717, 1.165) is 5.56 Å². The lowest BCUT2D eigenvalue weighted by atomic mass is 10.2. The predicted octanol–water partition coefficient (Wildman–Crippen LogP) is 1.75. The van der Waals surface area contributed by atoms with E-state index in [4.69, 9.17) is 14.2 Å². The molecule has 2 unspecified atom stereocenters. The summed E-state index contributed by atoms with van der Waals surface area (Å²) >= 11 is 0. The van der Waals surface area contributed by atoms with Gasteiger partial charge in [0.1, 0.15) is 23.4 Å². The Morgan fingerprint density at radius 2 is 1.62 bits per heavy atom. The lowest BCUT2D eigenvalue weighted by Crippen LogP contribution is -2.33. The highest BCUT2D eigenvalue weighted by molar-refractivity contribution is 7.93. The summed E-state index contributed by atoms with van der Waals surface area (Å²) in [6, 6.07) is 5.19. The first kappa shape index (κ1) is 25.8. The predicted molar refractivity (Wildman–Crippen MR) is 132 cm³/mol. The van der Waals surface area contributed by atoms with Crippen LogP contribution in [0.1, 0.15) is 24.4 Å². The summed E-state index contributed by atoms with van der Waals surface area (Å²) in [5.41, 5.74) is 1.41. The summed E-state index contributed by atoms with van der Waals surface area (Å²) < 4.78 is 47.3. The molecule has 1 N–H and O–H groups in total. The summed E-state index contributed by atoms with van der Waals surface area (Å²) in [6.45, 7) is 3.31. The molecule has 0 aliphatic carbocycles. The Morgan fingerprint density at radius 3 is 2.19 bits per heavy atom. The third-order valence-electron chi connectivity index (χ3n) is 5.38. The number of rotatable bonds is 10. The highest BCUT2D eigenvalue weighted by Crippen LogP contribution is 2.35. The van der Waals surface area contributed by atoms with Gasteiger partial charge in [0.25, 0.3) is 0 Å². The van der Waals surface area contributed by atoms with E-state index in [1.807, 2.05) is 6.92 Å². The van der Waals surface area contributed by atoms with Crippen LogP contribution in [0.3, 0.4) is 0 Å². The maximum atomic E-state index is 13.5. The van der Waals surface area contributed by atoms with Crippen molar-refractivity contribution in [2.24, 2.45) is 0 Å². The Balaban J connectivity index is 1.83. The standard InChI is InChI=1S/C22H25N9O5S/c1-13-10-24-18(25-11-13)17(34-3)14(2)37(32,33)30-22-29-28-19(15-8-6-7-9-23-15)31(22)16-20(35-4)26-12-27-21(16)36-5/h6-12,14,17H,1-5H3,(H,29,30). The van der Waals surface area contributed by atoms with Gasteiger partial charge in [-0.1, -0.05) is 6.07 Å². The molecule has 4 rings (SSSR count). The zero-order valence-corrected chi connectivity index (χ0v) is 21.5. The Hall–Kier alpha value is -4.24. The van der Waals surface area contributed by atoms with Gasteiger partial charge in [0.05, 0.1) is 14.2 Å². The molecule has 0 spiro atoms. The highest BCUT2D eigenvalue weighted by Gasteiger charge is 2.35. The molecule has 0 fully saturated rings. The van der Waals surface area contributed by atoms with Crippen LogP contribution in [0.2, 0.25) is 0 Å². The van der Waals surface area contributed by atoms with Crippen LogP contribution in [-0.2, 0) is 14.8 Å². The molecule has 2 atom stereocenters. The molecule has 14 nitrogen and oxygen atoms in total. The fraction of sp³-hybridized carbons (Fsp3) is 0.318. The normalized spacial score (nSPS) is 13.1. The SMILES string of the molecule is COc1ncnc(OC)c1-n1c(NS(=O)(=O)C(C)C(OC)c2ncc(C)cn2)nnc1-c1ccccn1. The van der Waals surface area contributed by atoms with Gasteiger partial charge in [-0.05, 0) is 31.5 Å². The van der Waals surface area contributed by atoms with Gasteiger partial charge < -0.3 is 14.2 Å². The molecule has 0 radical (unpaired) electrons. The minimum atomic E-state index is -4.14. The third kappa shape index (κ3) is 5.17. The Kier molecular flexibility index (Phi) is 7.54. The average Bonchev–Trinajstić information content (AvgIpc) is 3.32. The molecule has 0 saturated carbocycles. The van der Waals surface area contributed by atoms with Crippen molar-refractivity contribution in [1.82, 2.24) is 39.7 Å². The van der Waals surface area contributed by atoms with Crippen molar-refractivity contribution in [3.63, 3.8) is 0 Å². The van der Waals surface area contributed by atoms with Crippen molar-refractivity contribution in [2.75, 3.05) is 26.1 Å². The van der Waals surface area contributed by atoms with Crippen LogP contribution in [-0.4, -0.2) is 74.7 Å². The van der Waals surface area contributed by atoms with Crippen molar-refractivity contribution < 1.29 is 22.6 Å². The van der Waals surface area contributed by atoms with Crippen molar-refractivity contribution in [2.45, 2.75) is 25.2 Å². The van der Waals surface area contributed by atoms with E-state index in [2.05, 4.69) is 39.8 Å². The van der Waals surface area contributed by atoms with Crippen molar-refractivity contribution in [3.8, 4) is 29.0 Å². The van der Waals surface area contributed by atoms with Crippen LogP contribution in [0.5, 0.6) is 11.8 Å². The molecule has 4 aromatic heterocycles. The van der Waals surface area contributed by atoms with Crippen LogP contribution >= 0.6 is 0 Å². The summed E-state index contributed by atoms with van der Waals surface area (Å²) in [5, 5.41) is 7.17. The monoisotopic (exact) mass is 527 g/mol. The number of sulfonamides is 1. The number of aryl methyl sites for hydroxylation is 1. The van der Waals surface area contributed by atoms with Crippen LogP contribution < -0.4 is 14.2 Å². The van der Waals surface area contributed by atoms with E-state index in [9.17, 15) is 8.42 Å². The molecule has 0 aliphatic heterocycles. The average molecular weight is 528 g/mol. The second kappa shape index (κ2) is 10.8. The number of anilines is 1. The largest absolute Gasteiger partial charge is 0.479 e. The summed E-state index contributed by atoms with van der Waals surface area (Å²) in [4.78, 5) is 21.0. The fourth-order valence-corrected chi connectivity index (χ4v) is 4.63. The number of hydrogen-bond donors (Lipinski definition) is 1. The molecule has 0 saturated heterocycles. The number of nitrogens with one attached hydrogen (secondary N) is 1. The molecule has 0 aromatic carbocycles. The molecule has 37 heavy (non-hydrogen) atoms. The molecular weight excluding hydrogens is 502 g/mol. The van der Waals surface area contributed by atoms with E-state index < -0.39 is 21.4 Å². The van der Waals surface area contributed by atoms with E-state index in [1.165, 1.54) is 39.1 Å². The summed E-state index contributed by atoms with van der Waals surface area (Å²) in [7, 11) is 0.0639. The van der Waals surface area contributed by atoms with Gasteiger partial charge in [-0.2, -0.15) is 9.97 Å². The number of nitrogens with zero attached hydrogens (tertiary/aromatic N) is 8. The smallest absolute Gasteiger partial charge is 0.245 e. The van der Waals surface area contributed by atoms with E-state index in [-0.39, 0.29) is 35.0 Å². The van der Waals surface area contributed by atoms with E-state index in [1.54, 1.807) is 36.8 Å².